The molecule has 5 nitrogen and oxygen atoms in total. The molecular formula is C10H12N2O3S. The van der Waals surface area contributed by atoms with Gasteiger partial charge >= 0.3 is 5.97 Å². The molecule has 1 fully saturated rings. The van der Waals surface area contributed by atoms with Crippen molar-refractivity contribution in [2.24, 2.45) is 5.92 Å². The molecule has 1 amide bonds. The molecule has 1 aromatic heterocycles. The van der Waals surface area contributed by atoms with Gasteiger partial charge in [-0.2, -0.15) is 0 Å². The lowest BCUT2D eigenvalue weighted by Crippen LogP contribution is -2.36. The molecular weight excluding hydrogens is 228 g/mol. The van der Waals surface area contributed by atoms with Crippen molar-refractivity contribution in [2.45, 2.75) is 25.9 Å². The average molecular weight is 240 g/mol. The molecule has 1 atom stereocenters. The van der Waals surface area contributed by atoms with Crippen molar-refractivity contribution in [3.63, 3.8) is 0 Å². The highest BCUT2D eigenvalue weighted by atomic mass is 32.1. The van der Waals surface area contributed by atoms with Gasteiger partial charge in [0.2, 0.25) is 5.91 Å². The van der Waals surface area contributed by atoms with Crippen LogP contribution in [-0.2, 0) is 14.3 Å². The highest BCUT2D eigenvalue weighted by Crippen LogP contribution is 2.33. The molecule has 1 saturated heterocycles. The fourth-order valence-corrected chi connectivity index (χ4v) is 2.24. The van der Waals surface area contributed by atoms with Crippen LogP contribution in [0.25, 0.3) is 0 Å². The SMILES string of the molecule is CC1(C)OC(=O)C[C@H]1C(=O)Nc1nccs1. The Kier molecular flexibility index (Phi) is 2.67. The third-order valence-electron chi connectivity index (χ3n) is 2.57. The molecule has 0 saturated carbocycles. The van der Waals surface area contributed by atoms with Gasteiger partial charge in [-0.25, -0.2) is 4.98 Å². The summed E-state index contributed by atoms with van der Waals surface area (Å²) in [5.41, 5.74) is -0.738. The van der Waals surface area contributed by atoms with Gasteiger partial charge < -0.3 is 10.1 Å². The highest BCUT2D eigenvalue weighted by Gasteiger charge is 2.46. The largest absolute Gasteiger partial charge is 0.459 e. The van der Waals surface area contributed by atoms with E-state index in [4.69, 9.17) is 4.74 Å². The molecule has 1 aliphatic heterocycles. The first kappa shape index (κ1) is 11.1. The fourth-order valence-electron chi connectivity index (χ4n) is 1.70. The van der Waals surface area contributed by atoms with Crippen molar-refractivity contribution < 1.29 is 14.3 Å². The maximum Gasteiger partial charge on any atom is 0.307 e. The summed E-state index contributed by atoms with van der Waals surface area (Å²) in [7, 11) is 0. The molecule has 0 unspecified atom stereocenters. The van der Waals surface area contributed by atoms with Crippen LogP contribution in [0, 0.1) is 5.92 Å². The maximum atomic E-state index is 11.9. The number of hydrogen-bond acceptors (Lipinski definition) is 5. The number of thiazole rings is 1. The van der Waals surface area contributed by atoms with E-state index >= 15 is 0 Å². The minimum absolute atomic E-state index is 0.129. The molecule has 0 aromatic carbocycles. The van der Waals surface area contributed by atoms with Crippen LogP contribution in [0.4, 0.5) is 5.13 Å². The Labute approximate surface area is 96.8 Å². The molecule has 0 radical (unpaired) electrons. The van der Waals surface area contributed by atoms with Crippen molar-refractivity contribution in [1.82, 2.24) is 4.98 Å². The van der Waals surface area contributed by atoms with Gasteiger partial charge in [-0.1, -0.05) is 0 Å². The van der Waals surface area contributed by atoms with Gasteiger partial charge in [0, 0.05) is 11.6 Å². The van der Waals surface area contributed by atoms with E-state index in [1.54, 1.807) is 25.4 Å². The van der Waals surface area contributed by atoms with Crippen LogP contribution < -0.4 is 5.32 Å². The summed E-state index contributed by atoms with van der Waals surface area (Å²) in [5, 5.41) is 4.99. The topological polar surface area (TPSA) is 68.3 Å². The van der Waals surface area contributed by atoms with Crippen molar-refractivity contribution in [3.05, 3.63) is 11.6 Å². The molecule has 1 N–H and O–H groups in total. The predicted octanol–water partition coefficient (Wildman–Crippen LogP) is 1.42. The highest BCUT2D eigenvalue weighted by molar-refractivity contribution is 7.13. The van der Waals surface area contributed by atoms with E-state index in [-0.39, 0.29) is 18.3 Å². The lowest BCUT2D eigenvalue weighted by Gasteiger charge is -2.23. The number of ether oxygens (including phenoxy) is 1. The van der Waals surface area contributed by atoms with E-state index in [1.165, 1.54) is 11.3 Å². The van der Waals surface area contributed by atoms with Crippen molar-refractivity contribution in [2.75, 3.05) is 5.32 Å². The van der Waals surface area contributed by atoms with Crippen LogP contribution in [0.5, 0.6) is 0 Å². The van der Waals surface area contributed by atoms with Gasteiger partial charge in [-0.05, 0) is 13.8 Å². The lowest BCUT2D eigenvalue weighted by atomic mass is 9.90. The van der Waals surface area contributed by atoms with Crippen LogP contribution in [0.3, 0.4) is 0 Å². The summed E-state index contributed by atoms with van der Waals surface area (Å²) in [6, 6.07) is 0. The number of esters is 1. The summed E-state index contributed by atoms with van der Waals surface area (Å²) in [5.74, 6) is -1.00. The number of carbonyl (C=O) groups is 2. The Bertz CT molecular complexity index is 414. The Morgan fingerprint density at radius 3 is 2.94 bits per heavy atom. The number of rotatable bonds is 2. The van der Waals surface area contributed by atoms with Crippen molar-refractivity contribution in [1.29, 1.82) is 0 Å². The van der Waals surface area contributed by atoms with Crippen LogP contribution in [-0.4, -0.2) is 22.5 Å². The number of cyclic esters (lactones) is 1. The second-order valence-corrected chi connectivity index (χ2v) is 5.06. The number of aromatic nitrogens is 1. The summed E-state index contributed by atoms with van der Waals surface area (Å²) in [4.78, 5) is 27.0. The van der Waals surface area contributed by atoms with Gasteiger partial charge in [0.25, 0.3) is 0 Å². The van der Waals surface area contributed by atoms with Crippen LogP contribution >= 0.6 is 11.3 Å². The summed E-state index contributed by atoms with van der Waals surface area (Å²) >= 11 is 1.34. The van der Waals surface area contributed by atoms with E-state index in [2.05, 4.69) is 10.3 Å². The zero-order valence-electron chi connectivity index (χ0n) is 9.02. The molecule has 1 aliphatic rings. The number of anilines is 1. The van der Waals surface area contributed by atoms with Crippen LogP contribution in [0.15, 0.2) is 11.6 Å². The van der Waals surface area contributed by atoms with Crippen LogP contribution in [0.2, 0.25) is 0 Å². The number of hydrogen-bond donors (Lipinski definition) is 1. The lowest BCUT2D eigenvalue weighted by molar-refractivity contribution is -0.147. The van der Waals surface area contributed by atoms with Gasteiger partial charge in [-0.3, -0.25) is 9.59 Å². The zero-order valence-corrected chi connectivity index (χ0v) is 9.84. The zero-order chi connectivity index (χ0) is 11.8. The van der Waals surface area contributed by atoms with E-state index < -0.39 is 11.5 Å². The first-order valence-corrected chi connectivity index (χ1v) is 5.79. The Hall–Kier alpha value is -1.43. The smallest absolute Gasteiger partial charge is 0.307 e. The van der Waals surface area contributed by atoms with E-state index in [0.29, 0.717) is 5.13 Å². The average Bonchev–Trinajstić information content (AvgIpc) is 2.73. The van der Waals surface area contributed by atoms with E-state index in [0.717, 1.165) is 0 Å². The molecule has 0 spiro atoms. The second kappa shape index (κ2) is 3.86. The second-order valence-electron chi connectivity index (χ2n) is 4.16. The van der Waals surface area contributed by atoms with Crippen molar-refractivity contribution in [3.8, 4) is 0 Å². The maximum absolute atomic E-state index is 11.9. The first-order valence-electron chi connectivity index (χ1n) is 4.91. The minimum atomic E-state index is -0.738. The molecule has 86 valence electrons. The summed E-state index contributed by atoms with van der Waals surface area (Å²) in [6.07, 6.45) is 1.74. The van der Waals surface area contributed by atoms with Gasteiger partial charge in [-0.15, -0.1) is 11.3 Å². The van der Waals surface area contributed by atoms with Gasteiger partial charge in [0.15, 0.2) is 5.13 Å². The number of nitrogens with zero attached hydrogens (tertiary/aromatic N) is 1. The predicted molar refractivity (Wildman–Crippen MR) is 59.0 cm³/mol. The quantitative estimate of drug-likeness (QED) is 0.794. The molecule has 2 rings (SSSR count). The molecule has 6 heteroatoms. The fraction of sp³-hybridized carbons (Fsp3) is 0.500. The minimum Gasteiger partial charge on any atom is -0.459 e. The molecule has 2 heterocycles. The molecule has 16 heavy (non-hydrogen) atoms. The summed E-state index contributed by atoms with van der Waals surface area (Å²) in [6.45, 7) is 3.48. The standard InChI is InChI=1S/C10H12N2O3S/c1-10(2)6(5-7(13)15-10)8(14)12-9-11-3-4-16-9/h3-4,6H,5H2,1-2H3,(H,11,12,14)/t6-/m0/s1. The third kappa shape index (κ3) is 2.06. The molecule has 1 aromatic rings. The Morgan fingerprint density at radius 1 is 1.69 bits per heavy atom. The monoisotopic (exact) mass is 240 g/mol. The van der Waals surface area contributed by atoms with Gasteiger partial charge in [0.05, 0.1) is 12.3 Å². The summed E-state index contributed by atoms with van der Waals surface area (Å²) < 4.78 is 5.08. The normalized spacial score (nSPS) is 22.9. The Morgan fingerprint density at radius 2 is 2.44 bits per heavy atom. The molecule has 0 aliphatic carbocycles. The van der Waals surface area contributed by atoms with E-state index in [9.17, 15) is 9.59 Å². The van der Waals surface area contributed by atoms with E-state index in [1.807, 2.05) is 0 Å². The molecule has 0 bridgehead atoms. The third-order valence-corrected chi connectivity index (χ3v) is 3.25. The number of amides is 1. The van der Waals surface area contributed by atoms with Gasteiger partial charge in [0.1, 0.15) is 5.60 Å². The van der Waals surface area contributed by atoms with Crippen LogP contribution in [0.1, 0.15) is 20.3 Å². The first-order chi connectivity index (χ1) is 7.49. The number of carbonyl (C=O) groups excluding carboxylic acids is 2. The Balaban J connectivity index is 2.08. The van der Waals surface area contributed by atoms with Crippen molar-refractivity contribution >= 4 is 28.3 Å². The number of nitrogens with one attached hydrogen (secondary N) is 1.